The number of aryl methyl sites for hydroxylation is 1. The van der Waals surface area contributed by atoms with Gasteiger partial charge < -0.3 is 18.6 Å². The van der Waals surface area contributed by atoms with E-state index in [2.05, 4.69) is 4.90 Å². The Balaban J connectivity index is 1.40. The topological polar surface area (TPSA) is 57.0 Å². The van der Waals surface area contributed by atoms with Gasteiger partial charge in [-0.15, -0.1) is 0 Å². The fraction of sp³-hybridized carbons (Fsp3) is 0.400. The van der Waals surface area contributed by atoms with Gasteiger partial charge in [-0.3, -0.25) is 4.90 Å². The van der Waals surface area contributed by atoms with E-state index in [0.29, 0.717) is 42.2 Å². The van der Waals surface area contributed by atoms with Crippen molar-refractivity contribution in [3.05, 3.63) is 59.7 Å². The Morgan fingerprint density at radius 3 is 2.69 bits per heavy atom. The second-order valence-electron chi connectivity index (χ2n) is 8.08. The van der Waals surface area contributed by atoms with Gasteiger partial charge in [0.2, 0.25) is 5.89 Å². The van der Waals surface area contributed by atoms with Crippen LogP contribution < -0.4 is 14.2 Å². The van der Waals surface area contributed by atoms with E-state index >= 15 is 0 Å². The van der Waals surface area contributed by atoms with Gasteiger partial charge in [-0.25, -0.2) is 9.37 Å². The molecule has 2 aromatic carbocycles. The summed E-state index contributed by atoms with van der Waals surface area (Å²) in [6, 6.07) is 12.2. The van der Waals surface area contributed by atoms with E-state index in [0.717, 1.165) is 42.9 Å². The van der Waals surface area contributed by atoms with Gasteiger partial charge in [-0.1, -0.05) is 12.1 Å². The van der Waals surface area contributed by atoms with Crippen LogP contribution in [-0.2, 0) is 6.54 Å². The molecule has 2 heterocycles. The van der Waals surface area contributed by atoms with Crippen LogP contribution in [0.5, 0.6) is 17.2 Å². The molecule has 32 heavy (non-hydrogen) atoms. The lowest BCUT2D eigenvalue weighted by Gasteiger charge is -2.32. The van der Waals surface area contributed by atoms with Crippen LogP contribution in [0.3, 0.4) is 0 Å². The molecule has 0 spiro atoms. The second kappa shape index (κ2) is 10.0. The lowest BCUT2D eigenvalue weighted by atomic mass is 9.99. The van der Waals surface area contributed by atoms with Gasteiger partial charge in [-0.2, -0.15) is 0 Å². The lowest BCUT2D eigenvalue weighted by molar-refractivity contribution is 0.122. The van der Waals surface area contributed by atoms with E-state index < -0.39 is 0 Å². The van der Waals surface area contributed by atoms with Crippen LogP contribution in [0, 0.1) is 18.7 Å². The molecule has 170 valence electrons. The van der Waals surface area contributed by atoms with Crippen molar-refractivity contribution < 1.29 is 23.0 Å². The maximum atomic E-state index is 13.8. The van der Waals surface area contributed by atoms with Crippen LogP contribution in [0.1, 0.15) is 24.3 Å². The van der Waals surface area contributed by atoms with Gasteiger partial charge in [0.25, 0.3) is 0 Å². The minimum absolute atomic E-state index is 0.316. The van der Waals surface area contributed by atoms with Crippen LogP contribution in [0.2, 0.25) is 0 Å². The van der Waals surface area contributed by atoms with Crippen LogP contribution >= 0.6 is 0 Å². The summed E-state index contributed by atoms with van der Waals surface area (Å²) < 4.78 is 36.2. The Labute approximate surface area is 187 Å². The molecule has 3 aromatic rings. The number of oxazole rings is 1. The Morgan fingerprint density at radius 1 is 1.09 bits per heavy atom. The van der Waals surface area contributed by atoms with Crippen molar-refractivity contribution in [2.75, 3.05) is 33.9 Å². The summed E-state index contributed by atoms with van der Waals surface area (Å²) in [5.74, 6) is 3.01. The van der Waals surface area contributed by atoms with E-state index in [9.17, 15) is 4.39 Å². The summed E-state index contributed by atoms with van der Waals surface area (Å²) in [6.45, 7) is 5.03. The molecule has 7 heteroatoms. The molecule has 0 radical (unpaired) electrons. The van der Waals surface area contributed by atoms with E-state index in [1.807, 2.05) is 25.1 Å². The zero-order valence-corrected chi connectivity index (χ0v) is 18.8. The fourth-order valence-electron chi connectivity index (χ4n) is 4.08. The van der Waals surface area contributed by atoms with E-state index in [1.165, 1.54) is 6.07 Å². The largest absolute Gasteiger partial charge is 0.493 e. The summed E-state index contributed by atoms with van der Waals surface area (Å²) >= 11 is 0. The summed E-state index contributed by atoms with van der Waals surface area (Å²) in [5, 5.41) is 0. The highest BCUT2D eigenvalue weighted by atomic mass is 19.1. The molecule has 0 amide bonds. The molecule has 0 saturated carbocycles. The van der Waals surface area contributed by atoms with Crippen LogP contribution in [0.4, 0.5) is 4.39 Å². The molecule has 1 unspecified atom stereocenters. The highest BCUT2D eigenvalue weighted by molar-refractivity contribution is 5.60. The number of nitrogens with zero attached hydrogens (tertiary/aromatic N) is 2. The first-order valence-corrected chi connectivity index (χ1v) is 10.9. The Kier molecular flexibility index (Phi) is 6.95. The molecule has 6 nitrogen and oxygen atoms in total. The monoisotopic (exact) mass is 440 g/mol. The molecule has 1 atom stereocenters. The molecule has 1 saturated heterocycles. The molecule has 0 N–H and O–H groups in total. The summed E-state index contributed by atoms with van der Waals surface area (Å²) in [4.78, 5) is 7.11. The number of hydrogen-bond acceptors (Lipinski definition) is 6. The lowest BCUT2D eigenvalue weighted by Crippen LogP contribution is -2.37. The van der Waals surface area contributed by atoms with Gasteiger partial charge in [-0.05, 0) is 56.6 Å². The van der Waals surface area contributed by atoms with Crippen molar-refractivity contribution in [3.8, 4) is 28.7 Å². The third-order valence-corrected chi connectivity index (χ3v) is 5.81. The van der Waals surface area contributed by atoms with Crippen LogP contribution in [-0.4, -0.2) is 43.8 Å². The number of methoxy groups -OCH3 is 2. The van der Waals surface area contributed by atoms with Crippen molar-refractivity contribution in [2.45, 2.75) is 26.3 Å². The molecule has 4 rings (SSSR count). The summed E-state index contributed by atoms with van der Waals surface area (Å²) in [6.07, 6.45) is 2.14. The zero-order chi connectivity index (χ0) is 22.5. The maximum Gasteiger partial charge on any atom is 0.226 e. The van der Waals surface area contributed by atoms with Crippen LogP contribution in [0.15, 0.2) is 46.9 Å². The third kappa shape index (κ3) is 5.05. The molecule has 1 fully saturated rings. The SMILES string of the molecule is COc1ccc(-c2nc(CN3CCCC(COc4ccccc4F)C3)c(C)o2)cc1OC. The first-order chi connectivity index (χ1) is 15.6. The zero-order valence-electron chi connectivity index (χ0n) is 18.8. The predicted octanol–water partition coefficient (Wildman–Crippen LogP) is 5.10. The number of rotatable bonds is 8. The van der Waals surface area contributed by atoms with Gasteiger partial charge in [0.1, 0.15) is 5.76 Å². The minimum Gasteiger partial charge on any atom is -0.493 e. The standard InChI is InChI=1S/C25H29FN2O4/c1-17-21(27-25(32-17)19-10-11-23(29-2)24(13-19)30-3)15-28-12-6-7-18(14-28)16-31-22-9-5-4-8-20(22)26/h4-5,8-11,13,18H,6-7,12,14-16H2,1-3H3. The molecule has 1 aromatic heterocycles. The first-order valence-electron chi connectivity index (χ1n) is 10.9. The summed E-state index contributed by atoms with van der Waals surface area (Å²) in [7, 11) is 3.22. The average molecular weight is 441 g/mol. The van der Waals surface area contributed by atoms with Crippen molar-refractivity contribution in [2.24, 2.45) is 5.92 Å². The molecule has 0 bridgehead atoms. The maximum absolute atomic E-state index is 13.8. The second-order valence-corrected chi connectivity index (χ2v) is 8.08. The fourth-order valence-corrected chi connectivity index (χ4v) is 4.08. The number of para-hydroxylation sites is 1. The molecule has 1 aliphatic rings. The molecular weight excluding hydrogens is 411 g/mol. The van der Waals surface area contributed by atoms with E-state index in [-0.39, 0.29) is 5.82 Å². The number of aromatic nitrogens is 1. The van der Waals surface area contributed by atoms with E-state index in [1.54, 1.807) is 32.4 Å². The van der Waals surface area contributed by atoms with E-state index in [4.69, 9.17) is 23.6 Å². The van der Waals surface area contributed by atoms with Gasteiger partial charge in [0, 0.05) is 24.6 Å². The minimum atomic E-state index is -0.318. The van der Waals surface area contributed by atoms with Gasteiger partial charge in [0.15, 0.2) is 23.1 Å². The quantitative estimate of drug-likeness (QED) is 0.486. The Morgan fingerprint density at radius 2 is 1.91 bits per heavy atom. The Bertz CT molecular complexity index is 1050. The summed E-state index contributed by atoms with van der Waals surface area (Å²) in [5.41, 5.74) is 1.76. The van der Waals surface area contributed by atoms with Gasteiger partial charge >= 0.3 is 0 Å². The number of halogens is 1. The number of ether oxygens (including phenoxy) is 3. The van der Waals surface area contributed by atoms with Crippen molar-refractivity contribution in [3.63, 3.8) is 0 Å². The predicted molar refractivity (Wildman–Crippen MR) is 120 cm³/mol. The number of piperidine rings is 1. The molecular formula is C25H29FN2O4. The third-order valence-electron chi connectivity index (χ3n) is 5.81. The number of hydrogen-bond donors (Lipinski definition) is 0. The highest BCUT2D eigenvalue weighted by Crippen LogP contribution is 2.33. The van der Waals surface area contributed by atoms with Crippen molar-refractivity contribution in [1.82, 2.24) is 9.88 Å². The molecule has 0 aliphatic carbocycles. The first kappa shape index (κ1) is 22.1. The van der Waals surface area contributed by atoms with Gasteiger partial charge in [0.05, 0.1) is 26.5 Å². The highest BCUT2D eigenvalue weighted by Gasteiger charge is 2.23. The van der Waals surface area contributed by atoms with Crippen LogP contribution in [0.25, 0.3) is 11.5 Å². The smallest absolute Gasteiger partial charge is 0.226 e. The average Bonchev–Trinajstić information content (AvgIpc) is 3.18. The Hall–Kier alpha value is -3.06. The molecule has 1 aliphatic heterocycles. The number of benzene rings is 2. The van der Waals surface area contributed by atoms with Crippen molar-refractivity contribution >= 4 is 0 Å². The normalized spacial score (nSPS) is 16.7. The number of likely N-dealkylation sites (tertiary alicyclic amines) is 1. The van der Waals surface area contributed by atoms with Crippen molar-refractivity contribution in [1.29, 1.82) is 0 Å².